The molecule has 2 saturated heterocycles. The van der Waals surface area contributed by atoms with E-state index in [0.29, 0.717) is 12.1 Å². The molecule has 0 amide bonds. The highest BCUT2D eigenvalue weighted by Gasteiger charge is 2.43. The third kappa shape index (κ3) is 7.80. The molecule has 2 aromatic heterocycles. The predicted molar refractivity (Wildman–Crippen MR) is 111 cm³/mol. The standard InChI is InChI=1S/C14H18N4S2.2C2HF3O2/c1-10-2-3-11(20-10)8-17-6-4-13-12(17)5-7-18(13)14-16-15-9-19-14;2*3-2(4,5)1(6)7/h2-3,9,12-13H,4-8H2,1H3;2*(H,6,7)/t12-,13+;;/m1../s1. The molecular weight excluding hydrogens is 514 g/mol. The number of fused-ring (bicyclic) bond motifs is 1. The number of thiophene rings is 1. The van der Waals surface area contributed by atoms with E-state index in [1.165, 1.54) is 29.1 Å². The van der Waals surface area contributed by atoms with Crippen LogP contribution < -0.4 is 4.90 Å². The molecule has 2 aliphatic rings. The van der Waals surface area contributed by atoms with E-state index in [0.717, 1.165) is 18.2 Å². The Morgan fingerprint density at radius 1 is 1.03 bits per heavy atom. The molecule has 34 heavy (non-hydrogen) atoms. The number of alkyl halides is 6. The minimum Gasteiger partial charge on any atom is -0.475 e. The van der Waals surface area contributed by atoms with E-state index in [1.807, 2.05) is 16.8 Å². The van der Waals surface area contributed by atoms with Gasteiger partial charge in [-0.3, -0.25) is 4.90 Å². The van der Waals surface area contributed by atoms with Crippen molar-refractivity contribution in [2.45, 2.75) is 50.7 Å². The Kier molecular flexibility index (Phi) is 9.24. The van der Waals surface area contributed by atoms with Crippen LogP contribution in [-0.4, -0.2) is 74.8 Å². The van der Waals surface area contributed by atoms with Gasteiger partial charge in [0.2, 0.25) is 5.13 Å². The van der Waals surface area contributed by atoms with E-state index < -0.39 is 24.3 Å². The number of halogens is 6. The first kappa shape index (κ1) is 27.8. The van der Waals surface area contributed by atoms with Crippen molar-refractivity contribution in [3.05, 3.63) is 27.4 Å². The number of carboxylic acid groups (broad SMARTS) is 2. The zero-order valence-electron chi connectivity index (χ0n) is 17.5. The molecule has 2 aliphatic heterocycles. The zero-order chi connectivity index (χ0) is 25.7. The van der Waals surface area contributed by atoms with Gasteiger partial charge in [0.05, 0.1) is 0 Å². The van der Waals surface area contributed by atoms with Crippen LogP contribution in [0.2, 0.25) is 0 Å². The first-order valence-electron chi connectivity index (χ1n) is 9.62. The number of hydrogen-bond acceptors (Lipinski definition) is 8. The van der Waals surface area contributed by atoms with Crippen LogP contribution in [0.1, 0.15) is 22.6 Å². The Bertz CT molecular complexity index is 927. The van der Waals surface area contributed by atoms with E-state index in [2.05, 4.69) is 39.1 Å². The Morgan fingerprint density at radius 2 is 1.59 bits per heavy atom. The molecule has 2 atom stereocenters. The molecule has 0 spiro atoms. The van der Waals surface area contributed by atoms with Crippen molar-refractivity contribution >= 4 is 39.7 Å². The summed E-state index contributed by atoms with van der Waals surface area (Å²) in [4.78, 5) is 25.8. The third-order valence-electron chi connectivity index (χ3n) is 4.93. The van der Waals surface area contributed by atoms with Crippen LogP contribution in [0.25, 0.3) is 0 Å². The number of rotatable bonds is 3. The number of likely N-dealkylation sites (tertiary alicyclic amines) is 1. The molecule has 4 rings (SSSR count). The molecule has 0 saturated carbocycles. The lowest BCUT2D eigenvalue weighted by molar-refractivity contribution is -0.193. The van der Waals surface area contributed by atoms with Gasteiger partial charge in [0.15, 0.2) is 0 Å². The van der Waals surface area contributed by atoms with E-state index in [4.69, 9.17) is 19.8 Å². The van der Waals surface area contributed by atoms with Gasteiger partial charge in [0, 0.05) is 41.5 Å². The molecule has 8 nitrogen and oxygen atoms in total. The second-order valence-corrected chi connectivity index (χ2v) is 9.40. The molecule has 2 fully saturated rings. The lowest BCUT2D eigenvalue weighted by atomic mass is 10.1. The average molecular weight is 535 g/mol. The van der Waals surface area contributed by atoms with Gasteiger partial charge in [-0.05, 0) is 31.9 Å². The number of carbonyl (C=O) groups is 2. The number of carboxylic acids is 2. The summed E-state index contributed by atoms with van der Waals surface area (Å²) in [5.41, 5.74) is 1.84. The monoisotopic (exact) mass is 534 g/mol. The fraction of sp³-hybridized carbons (Fsp3) is 0.556. The van der Waals surface area contributed by atoms with Crippen LogP contribution in [0.4, 0.5) is 31.5 Å². The van der Waals surface area contributed by atoms with E-state index in [1.54, 1.807) is 11.3 Å². The van der Waals surface area contributed by atoms with Crippen molar-refractivity contribution < 1.29 is 46.1 Å². The summed E-state index contributed by atoms with van der Waals surface area (Å²) in [5, 5.41) is 23.6. The molecule has 0 aliphatic carbocycles. The van der Waals surface area contributed by atoms with Crippen LogP contribution in [0.3, 0.4) is 0 Å². The molecule has 4 heterocycles. The SMILES string of the molecule is Cc1ccc(CN2CC[C@H]3[C@H]2CCN3c2nncs2)s1.O=C(O)C(F)(F)F.O=C(O)C(F)(F)F. The number of anilines is 1. The van der Waals surface area contributed by atoms with Gasteiger partial charge in [0.1, 0.15) is 5.51 Å². The summed E-state index contributed by atoms with van der Waals surface area (Å²) in [7, 11) is 0. The largest absolute Gasteiger partial charge is 0.490 e. The highest BCUT2D eigenvalue weighted by atomic mass is 32.1. The van der Waals surface area contributed by atoms with Crippen LogP contribution in [0.5, 0.6) is 0 Å². The van der Waals surface area contributed by atoms with E-state index >= 15 is 0 Å². The Balaban J connectivity index is 0.000000244. The Morgan fingerprint density at radius 3 is 2.03 bits per heavy atom. The lowest BCUT2D eigenvalue weighted by Gasteiger charge is -2.24. The molecule has 190 valence electrons. The molecule has 0 radical (unpaired) electrons. The summed E-state index contributed by atoms with van der Waals surface area (Å²) in [5.74, 6) is -5.51. The first-order valence-corrected chi connectivity index (χ1v) is 11.3. The van der Waals surface area contributed by atoms with Crippen LogP contribution in [0.15, 0.2) is 17.6 Å². The minimum atomic E-state index is -5.08. The quantitative estimate of drug-likeness (QED) is 0.569. The summed E-state index contributed by atoms with van der Waals surface area (Å²) in [6.45, 7) is 5.64. The number of aliphatic carboxylic acids is 2. The average Bonchev–Trinajstić information content (AvgIpc) is 3.48. The van der Waals surface area contributed by atoms with E-state index in [-0.39, 0.29) is 0 Å². The van der Waals surface area contributed by atoms with Gasteiger partial charge in [0.25, 0.3) is 0 Å². The number of aryl methyl sites for hydroxylation is 1. The van der Waals surface area contributed by atoms with Gasteiger partial charge >= 0.3 is 24.3 Å². The topological polar surface area (TPSA) is 107 Å². The smallest absolute Gasteiger partial charge is 0.475 e. The normalized spacial score (nSPS) is 20.1. The highest BCUT2D eigenvalue weighted by molar-refractivity contribution is 7.13. The van der Waals surface area contributed by atoms with Crippen molar-refractivity contribution in [1.29, 1.82) is 0 Å². The van der Waals surface area contributed by atoms with Crippen LogP contribution >= 0.6 is 22.7 Å². The van der Waals surface area contributed by atoms with Crippen molar-refractivity contribution in [3.63, 3.8) is 0 Å². The highest BCUT2D eigenvalue weighted by Crippen LogP contribution is 2.36. The molecule has 16 heteroatoms. The molecule has 0 bridgehead atoms. The number of nitrogens with zero attached hydrogens (tertiary/aromatic N) is 4. The predicted octanol–water partition coefficient (Wildman–Crippen LogP) is 4.03. The third-order valence-corrected chi connectivity index (χ3v) is 6.64. The van der Waals surface area contributed by atoms with Gasteiger partial charge < -0.3 is 15.1 Å². The summed E-state index contributed by atoms with van der Waals surface area (Å²) < 4.78 is 63.5. The number of hydrogen-bond donors (Lipinski definition) is 2. The fourth-order valence-electron chi connectivity index (χ4n) is 3.57. The fourth-order valence-corrected chi connectivity index (χ4v) is 5.13. The summed E-state index contributed by atoms with van der Waals surface area (Å²) in [6.07, 6.45) is -7.65. The second-order valence-electron chi connectivity index (χ2n) is 7.22. The zero-order valence-corrected chi connectivity index (χ0v) is 19.1. The lowest BCUT2D eigenvalue weighted by Crippen LogP contribution is -2.36. The van der Waals surface area contributed by atoms with E-state index in [9.17, 15) is 26.3 Å². The Hall–Kier alpha value is -2.46. The molecule has 2 aromatic rings. The molecule has 2 N–H and O–H groups in total. The van der Waals surface area contributed by atoms with Crippen molar-refractivity contribution in [2.24, 2.45) is 0 Å². The molecule has 0 unspecified atom stereocenters. The summed E-state index contributed by atoms with van der Waals surface area (Å²) >= 11 is 3.60. The van der Waals surface area contributed by atoms with Gasteiger partial charge in [-0.1, -0.05) is 11.3 Å². The Labute approximate surface area is 197 Å². The van der Waals surface area contributed by atoms with Gasteiger partial charge in [-0.15, -0.1) is 21.5 Å². The van der Waals surface area contributed by atoms with Gasteiger partial charge in [-0.2, -0.15) is 26.3 Å². The molecule has 0 aromatic carbocycles. The maximum atomic E-state index is 10.6. The van der Waals surface area contributed by atoms with Crippen LogP contribution in [-0.2, 0) is 16.1 Å². The first-order chi connectivity index (χ1) is 15.7. The minimum absolute atomic E-state index is 0.643. The van der Waals surface area contributed by atoms with Crippen molar-refractivity contribution in [3.8, 4) is 0 Å². The maximum Gasteiger partial charge on any atom is 0.490 e. The summed E-state index contributed by atoms with van der Waals surface area (Å²) in [6, 6.07) is 5.85. The van der Waals surface area contributed by atoms with Crippen molar-refractivity contribution in [1.82, 2.24) is 15.1 Å². The second kappa shape index (κ2) is 11.3. The molecular formula is C18H20F6N4O4S2. The number of aromatic nitrogens is 2. The van der Waals surface area contributed by atoms with Gasteiger partial charge in [-0.25, -0.2) is 9.59 Å². The maximum absolute atomic E-state index is 10.6. The van der Waals surface area contributed by atoms with Crippen molar-refractivity contribution in [2.75, 3.05) is 18.0 Å². The van der Waals surface area contributed by atoms with Crippen LogP contribution in [0, 0.1) is 6.92 Å².